The summed E-state index contributed by atoms with van der Waals surface area (Å²) in [6, 6.07) is 6.70. The van der Waals surface area contributed by atoms with Crippen molar-refractivity contribution in [2.45, 2.75) is 26.4 Å². The molecule has 0 spiro atoms. The van der Waals surface area contributed by atoms with Crippen LogP contribution in [-0.2, 0) is 11.3 Å². The van der Waals surface area contributed by atoms with Crippen LogP contribution in [0.1, 0.15) is 13.8 Å². The van der Waals surface area contributed by atoms with Crippen molar-refractivity contribution in [3.05, 3.63) is 44.5 Å². The van der Waals surface area contributed by atoms with E-state index in [-0.39, 0.29) is 18.0 Å². The predicted octanol–water partition coefficient (Wildman–Crippen LogP) is 4.43. The van der Waals surface area contributed by atoms with E-state index in [1.54, 1.807) is 47.8 Å². The van der Waals surface area contributed by atoms with Crippen molar-refractivity contribution < 1.29 is 9.90 Å². The molecule has 6 nitrogen and oxygen atoms in total. The number of carboxylic acids is 1. The van der Waals surface area contributed by atoms with Crippen LogP contribution in [0.25, 0.3) is 21.8 Å². The minimum absolute atomic E-state index is 0.113. The van der Waals surface area contributed by atoms with Gasteiger partial charge in [0.2, 0.25) is 0 Å². The maximum Gasteiger partial charge on any atom is 0.323 e. The summed E-state index contributed by atoms with van der Waals surface area (Å²) < 4.78 is 1.61. The van der Waals surface area contributed by atoms with E-state index in [9.17, 15) is 14.7 Å². The number of benzene rings is 2. The molecule has 8 heteroatoms. The molecule has 0 unspecified atom stereocenters. The van der Waals surface area contributed by atoms with Gasteiger partial charge < -0.3 is 19.9 Å². The number of aliphatic carboxylic acids is 1. The lowest BCUT2D eigenvalue weighted by Gasteiger charge is -2.22. The first-order chi connectivity index (χ1) is 13.1. The number of anilines is 2. The number of fused-ring (bicyclic) bond motifs is 2. The molecule has 2 N–H and O–H groups in total. The molecule has 0 aliphatic heterocycles. The van der Waals surface area contributed by atoms with Gasteiger partial charge in [-0.25, -0.2) is 0 Å². The normalized spacial score (nSPS) is 11.4. The molecule has 0 amide bonds. The van der Waals surface area contributed by atoms with Crippen LogP contribution in [0.2, 0.25) is 10.0 Å². The zero-order valence-corrected chi connectivity index (χ0v) is 17.5. The zero-order chi connectivity index (χ0) is 20.7. The maximum absolute atomic E-state index is 13.2. The largest absolute Gasteiger partial charge is 0.480 e. The van der Waals surface area contributed by atoms with Crippen molar-refractivity contribution in [1.29, 1.82) is 0 Å². The molecule has 0 bridgehead atoms. The number of nitrogens with one attached hydrogen (secondary N) is 1. The van der Waals surface area contributed by atoms with Crippen LogP contribution in [0, 0.1) is 0 Å². The second-order valence-corrected chi connectivity index (χ2v) is 7.96. The van der Waals surface area contributed by atoms with Gasteiger partial charge in [-0.3, -0.25) is 9.59 Å². The summed E-state index contributed by atoms with van der Waals surface area (Å²) in [5.74, 6) is -1.02. The number of rotatable bonds is 5. The molecule has 0 fully saturated rings. The number of carbonyl (C=O) groups is 1. The Morgan fingerprint density at radius 2 is 1.86 bits per heavy atom. The van der Waals surface area contributed by atoms with Crippen LogP contribution in [-0.4, -0.2) is 35.8 Å². The number of hydrogen-bond donors (Lipinski definition) is 2. The molecule has 1 heterocycles. The molecule has 0 aliphatic carbocycles. The van der Waals surface area contributed by atoms with E-state index in [0.717, 1.165) is 0 Å². The summed E-state index contributed by atoms with van der Waals surface area (Å²) in [7, 11) is 3.60. The fourth-order valence-corrected chi connectivity index (χ4v) is 3.93. The first-order valence-corrected chi connectivity index (χ1v) is 9.51. The summed E-state index contributed by atoms with van der Waals surface area (Å²) in [5.41, 5.74) is 1.97. The lowest BCUT2D eigenvalue weighted by Crippen LogP contribution is -2.20. The van der Waals surface area contributed by atoms with Crippen LogP contribution >= 0.6 is 23.2 Å². The lowest BCUT2D eigenvalue weighted by atomic mass is 10.1. The Morgan fingerprint density at radius 1 is 1.18 bits per heavy atom. The molecule has 0 atom stereocenters. The van der Waals surface area contributed by atoms with Gasteiger partial charge in [-0.2, -0.15) is 0 Å². The number of carboxylic acid groups (broad SMARTS) is 1. The van der Waals surface area contributed by atoms with Crippen molar-refractivity contribution >= 4 is 62.4 Å². The molecule has 28 heavy (non-hydrogen) atoms. The highest BCUT2D eigenvalue weighted by atomic mass is 35.5. The lowest BCUT2D eigenvalue weighted by molar-refractivity contribution is -0.137. The van der Waals surface area contributed by atoms with Crippen LogP contribution in [0.5, 0.6) is 0 Å². The van der Waals surface area contributed by atoms with Gasteiger partial charge in [-0.05, 0) is 38.1 Å². The third-order valence-electron chi connectivity index (χ3n) is 4.42. The Balaban J connectivity index is 2.57. The number of halogens is 2. The number of pyridine rings is 1. The van der Waals surface area contributed by atoms with Gasteiger partial charge in [-0.15, -0.1) is 0 Å². The number of aromatic nitrogens is 1. The van der Waals surface area contributed by atoms with Gasteiger partial charge in [0.1, 0.15) is 6.54 Å². The second-order valence-electron chi connectivity index (χ2n) is 7.14. The maximum atomic E-state index is 13.2. The number of nitrogens with zero attached hydrogens (tertiary/aromatic N) is 2. The first-order valence-electron chi connectivity index (χ1n) is 8.75. The quantitative estimate of drug-likeness (QED) is 0.595. The standard InChI is InChI=1S/C20H21Cl2N3O3/c1-10(2)23-15-8-16-12(7-14(15)22)20(28)11-5-6-13(21)19(24(3)4)18(11)25(16)9-17(26)27/h5-8,10,23H,9H2,1-4H3,(H,26,27). The Morgan fingerprint density at radius 3 is 2.43 bits per heavy atom. The van der Waals surface area contributed by atoms with Crippen molar-refractivity contribution in [3.8, 4) is 0 Å². The van der Waals surface area contributed by atoms with Crippen molar-refractivity contribution in [2.75, 3.05) is 24.3 Å². The monoisotopic (exact) mass is 421 g/mol. The smallest absolute Gasteiger partial charge is 0.323 e. The molecule has 0 aliphatic rings. The Labute approximate surface area is 172 Å². The van der Waals surface area contributed by atoms with E-state index >= 15 is 0 Å². The topological polar surface area (TPSA) is 74.6 Å². The molecular weight excluding hydrogens is 401 g/mol. The average molecular weight is 422 g/mol. The summed E-state index contributed by atoms with van der Waals surface area (Å²) in [6.07, 6.45) is 0. The fourth-order valence-electron chi connectivity index (χ4n) is 3.39. The molecular formula is C20H21Cl2N3O3. The molecule has 0 radical (unpaired) electrons. The highest BCUT2D eigenvalue weighted by Crippen LogP contribution is 2.36. The highest BCUT2D eigenvalue weighted by Gasteiger charge is 2.20. The molecule has 3 aromatic rings. The Bertz CT molecular complexity index is 1150. The van der Waals surface area contributed by atoms with E-state index < -0.39 is 5.97 Å². The van der Waals surface area contributed by atoms with Crippen LogP contribution in [0.15, 0.2) is 29.1 Å². The van der Waals surface area contributed by atoms with Gasteiger partial charge in [0.25, 0.3) is 0 Å². The molecule has 0 saturated heterocycles. The van der Waals surface area contributed by atoms with E-state index in [2.05, 4.69) is 5.32 Å². The first kappa shape index (κ1) is 20.3. The van der Waals surface area contributed by atoms with Gasteiger partial charge >= 0.3 is 5.97 Å². The molecule has 3 rings (SSSR count). The van der Waals surface area contributed by atoms with E-state index in [1.807, 2.05) is 13.8 Å². The van der Waals surface area contributed by atoms with Crippen LogP contribution in [0.4, 0.5) is 11.4 Å². The third-order valence-corrected chi connectivity index (χ3v) is 5.04. The zero-order valence-electron chi connectivity index (χ0n) is 16.0. The van der Waals surface area contributed by atoms with E-state index in [0.29, 0.717) is 43.2 Å². The van der Waals surface area contributed by atoms with Crippen LogP contribution in [0.3, 0.4) is 0 Å². The predicted molar refractivity (Wildman–Crippen MR) is 116 cm³/mol. The SMILES string of the molecule is CC(C)Nc1cc2c(cc1Cl)c(=O)c1ccc(Cl)c(N(C)C)c1n2CC(=O)O. The summed E-state index contributed by atoms with van der Waals surface area (Å²) in [6.45, 7) is 3.61. The molecule has 0 saturated carbocycles. The van der Waals surface area contributed by atoms with Crippen LogP contribution < -0.4 is 15.6 Å². The van der Waals surface area contributed by atoms with Gasteiger partial charge in [0.05, 0.1) is 32.5 Å². The van der Waals surface area contributed by atoms with E-state index in [4.69, 9.17) is 23.2 Å². The average Bonchev–Trinajstić information content (AvgIpc) is 2.58. The number of hydrogen-bond acceptors (Lipinski definition) is 4. The van der Waals surface area contributed by atoms with Gasteiger partial charge in [0.15, 0.2) is 5.43 Å². The molecule has 2 aromatic carbocycles. The highest BCUT2D eigenvalue weighted by molar-refractivity contribution is 6.35. The van der Waals surface area contributed by atoms with Crippen molar-refractivity contribution in [1.82, 2.24) is 4.57 Å². The van der Waals surface area contributed by atoms with Gasteiger partial charge in [0, 0.05) is 30.9 Å². The minimum Gasteiger partial charge on any atom is -0.480 e. The third kappa shape index (κ3) is 3.50. The molecule has 1 aromatic heterocycles. The van der Waals surface area contributed by atoms with Gasteiger partial charge in [-0.1, -0.05) is 23.2 Å². The summed E-state index contributed by atoms with van der Waals surface area (Å²) in [5, 5.41) is 14.4. The molecule has 148 valence electrons. The summed E-state index contributed by atoms with van der Waals surface area (Å²) in [4.78, 5) is 26.6. The Kier molecular flexibility index (Phi) is 5.46. The summed E-state index contributed by atoms with van der Waals surface area (Å²) >= 11 is 12.8. The van der Waals surface area contributed by atoms with E-state index in [1.165, 1.54) is 0 Å². The second kappa shape index (κ2) is 7.53. The minimum atomic E-state index is -1.02. The van der Waals surface area contributed by atoms with Crippen molar-refractivity contribution in [2.24, 2.45) is 0 Å². The van der Waals surface area contributed by atoms with Crippen molar-refractivity contribution in [3.63, 3.8) is 0 Å². The fraction of sp³-hybridized carbons (Fsp3) is 0.300. The Hall–Kier alpha value is -2.44.